The van der Waals surface area contributed by atoms with Crippen LogP contribution in [-0.4, -0.2) is 15.6 Å². The molecule has 21 heavy (non-hydrogen) atoms. The number of aliphatic carboxylic acids is 1. The monoisotopic (exact) mass is 287 g/mol. The van der Waals surface area contributed by atoms with E-state index in [0.29, 0.717) is 11.8 Å². The molecule has 0 amide bonds. The first-order valence-corrected chi connectivity index (χ1v) is 7.65. The van der Waals surface area contributed by atoms with Crippen molar-refractivity contribution in [2.24, 2.45) is 5.41 Å². The Morgan fingerprint density at radius 2 is 1.95 bits per heavy atom. The number of carboxylic acid groups (broad SMARTS) is 1. The lowest BCUT2D eigenvalue weighted by Gasteiger charge is -2.18. The van der Waals surface area contributed by atoms with E-state index in [1.165, 1.54) is 16.5 Å². The first kappa shape index (κ1) is 15.6. The summed E-state index contributed by atoms with van der Waals surface area (Å²) >= 11 is 0. The summed E-state index contributed by atoms with van der Waals surface area (Å²) in [5, 5.41) is 10.0. The number of benzene rings is 1. The molecular weight excluding hydrogens is 262 g/mol. The van der Waals surface area contributed by atoms with Crippen molar-refractivity contribution < 1.29 is 9.90 Å². The molecule has 114 valence electrons. The highest BCUT2D eigenvalue weighted by Crippen LogP contribution is 2.26. The van der Waals surface area contributed by atoms with Gasteiger partial charge in [-0.15, -0.1) is 0 Å². The Morgan fingerprint density at radius 1 is 1.24 bits per heavy atom. The van der Waals surface area contributed by atoms with Crippen molar-refractivity contribution >= 4 is 16.9 Å². The fraction of sp³-hybridized carbons (Fsp3) is 0.500. The summed E-state index contributed by atoms with van der Waals surface area (Å²) < 4.78 is 2.32. The van der Waals surface area contributed by atoms with Crippen LogP contribution in [0.1, 0.15) is 45.6 Å². The number of rotatable bonds is 6. The van der Waals surface area contributed by atoms with E-state index in [0.717, 1.165) is 19.4 Å². The SMILES string of the molecule is CC(C)(C)CCn1cc(CCCC(=O)O)c2ccccc21. The van der Waals surface area contributed by atoms with Gasteiger partial charge in [-0.1, -0.05) is 39.0 Å². The summed E-state index contributed by atoms with van der Waals surface area (Å²) in [6.45, 7) is 7.77. The average molecular weight is 287 g/mol. The molecule has 0 aliphatic heterocycles. The molecule has 0 fully saturated rings. The zero-order chi connectivity index (χ0) is 15.5. The van der Waals surface area contributed by atoms with E-state index in [9.17, 15) is 4.79 Å². The van der Waals surface area contributed by atoms with Crippen LogP contribution in [0.4, 0.5) is 0 Å². The molecule has 0 unspecified atom stereocenters. The van der Waals surface area contributed by atoms with E-state index in [1.807, 2.05) is 0 Å². The van der Waals surface area contributed by atoms with Crippen molar-refractivity contribution in [3.8, 4) is 0 Å². The second-order valence-electron chi connectivity index (χ2n) is 6.92. The van der Waals surface area contributed by atoms with Crippen LogP contribution in [0.25, 0.3) is 10.9 Å². The lowest BCUT2D eigenvalue weighted by Crippen LogP contribution is -2.09. The van der Waals surface area contributed by atoms with Gasteiger partial charge in [-0.05, 0) is 36.3 Å². The highest BCUT2D eigenvalue weighted by Gasteiger charge is 2.13. The van der Waals surface area contributed by atoms with Gasteiger partial charge in [0.15, 0.2) is 0 Å². The van der Waals surface area contributed by atoms with Gasteiger partial charge in [-0.3, -0.25) is 4.79 Å². The van der Waals surface area contributed by atoms with Crippen LogP contribution < -0.4 is 0 Å². The van der Waals surface area contributed by atoms with E-state index in [2.05, 4.69) is 55.8 Å². The smallest absolute Gasteiger partial charge is 0.303 e. The number of hydrogen-bond donors (Lipinski definition) is 1. The first-order valence-electron chi connectivity index (χ1n) is 7.65. The maximum absolute atomic E-state index is 10.7. The molecular formula is C18H25NO2. The molecule has 3 heteroatoms. The van der Waals surface area contributed by atoms with Gasteiger partial charge in [0.25, 0.3) is 0 Å². The normalized spacial score (nSPS) is 12.0. The van der Waals surface area contributed by atoms with E-state index in [-0.39, 0.29) is 6.42 Å². The summed E-state index contributed by atoms with van der Waals surface area (Å²) in [4.78, 5) is 10.7. The number of carboxylic acids is 1. The molecule has 0 spiro atoms. The molecule has 1 aromatic carbocycles. The van der Waals surface area contributed by atoms with Gasteiger partial charge < -0.3 is 9.67 Å². The second-order valence-corrected chi connectivity index (χ2v) is 6.92. The standard InChI is InChI=1S/C18H25NO2/c1-18(2,3)11-12-19-13-14(7-6-10-17(20)21)15-8-4-5-9-16(15)19/h4-5,8-9,13H,6-7,10-12H2,1-3H3,(H,20,21). The topological polar surface area (TPSA) is 42.2 Å². The minimum Gasteiger partial charge on any atom is -0.481 e. The third-order valence-electron chi connectivity index (χ3n) is 3.81. The van der Waals surface area contributed by atoms with Crippen LogP contribution in [0, 0.1) is 5.41 Å². The number of nitrogens with zero attached hydrogens (tertiary/aromatic N) is 1. The Morgan fingerprint density at radius 3 is 2.62 bits per heavy atom. The average Bonchev–Trinajstić information content (AvgIpc) is 2.74. The molecule has 0 radical (unpaired) electrons. The van der Waals surface area contributed by atoms with Crippen molar-refractivity contribution in [1.82, 2.24) is 4.57 Å². The van der Waals surface area contributed by atoms with Crippen molar-refractivity contribution in [3.63, 3.8) is 0 Å². The van der Waals surface area contributed by atoms with E-state index in [1.54, 1.807) is 0 Å². The Labute approximate surface area is 126 Å². The molecule has 1 heterocycles. The summed E-state index contributed by atoms with van der Waals surface area (Å²) in [5.74, 6) is -0.716. The van der Waals surface area contributed by atoms with Gasteiger partial charge in [-0.2, -0.15) is 0 Å². The number of para-hydroxylation sites is 1. The highest BCUT2D eigenvalue weighted by molar-refractivity contribution is 5.84. The van der Waals surface area contributed by atoms with Gasteiger partial charge in [0.05, 0.1) is 0 Å². The number of aromatic nitrogens is 1. The van der Waals surface area contributed by atoms with Gasteiger partial charge in [0.2, 0.25) is 0 Å². The predicted octanol–water partition coefficient (Wildman–Crippen LogP) is 4.48. The van der Waals surface area contributed by atoms with Crippen molar-refractivity contribution in [1.29, 1.82) is 0 Å². The Balaban J connectivity index is 2.19. The minimum atomic E-state index is -0.716. The zero-order valence-electron chi connectivity index (χ0n) is 13.2. The Bertz CT molecular complexity index is 620. The van der Waals surface area contributed by atoms with Gasteiger partial charge in [-0.25, -0.2) is 0 Å². The molecule has 0 aliphatic carbocycles. The molecule has 1 aromatic heterocycles. The molecule has 1 N–H and O–H groups in total. The molecule has 3 nitrogen and oxygen atoms in total. The Kier molecular flexibility index (Phi) is 4.71. The minimum absolute atomic E-state index is 0.238. The molecule has 0 atom stereocenters. The van der Waals surface area contributed by atoms with E-state index in [4.69, 9.17) is 5.11 Å². The zero-order valence-corrected chi connectivity index (χ0v) is 13.2. The first-order chi connectivity index (χ1) is 9.87. The van der Waals surface area contributed by atoms with Crippen LogP contribution in [0.3, 0.4) is 0 Å². The third kappa shape index (κ3) is 4.35. The van der Waals surface area contributed by atoms with E-state index < -0.39 is 5.97 Å². The Hall–Kier alpha value is -1.77. The fourth-order valence-electron chi connectivity index (χ4n) is 2.59. The van der Waals surface area contributed by atoms with Crippen LogP contribution in [0.15, 0.2) is 30.5 Å². The largest absolute Gasteiger partial charge is 0.481 e. The molecule has 0 saturated heterocycles. The van der Waals surface area contributed by atoms with Gasteiger partial charge in [0.1, 0.15) is 0 Å². The fourth-order valence-corrected chi connectivity index (χ4v) is 2.59. The van der Waals surface area contributed by atoms with Gasteiger partial charge >= 0.3 is 5.97 Å². The number of aryl methyl sites for hydroxylation is 2. The molecule has 2 aromatic rings. The lowest BCUT2D eigenvalue weighted by molar-refractivity contribution is -0.137. The second kappa shape index (κ2) is 6.33. The summed E-state index contributed by atoms with van der Waals surface area (Å²) in [5.41, 5.74) is 2.84. The lowest BCUT2D eigenvalue weighted by atomic mass is 9.92. The maximum atomic E-state index is 10.7. The van der Waals surface area contributed by atoms with E-state index >= 15 is 0 Å². The van der Waals surface area contributed by atoms with Crippen LogP contribution in [-0.2, 0) is 17.8 Å². The van der Waals surface area contributed by atoms with Crippen LogP contribution >= 0.6 is 0 Å². The quantitative estimate of drug-likeness (QED) is 0.851. The molecule has 0 aliphatic rings. The summed E-state index contributed by atoms with van der Waals surface area (Å²) in [6.07, 6.45) is 5.10. The summed E-state index contributed by atoms with van der Waals surface area (Å²) in [7, 11) is 0. The maximum Gasteiger partial charge on any atom is 0.303 e. The highest BCUT2D eigenvalue weighted by atomic mass is 16.4. The predicted molar refractivity (Wildman–Crippen MR) is 86.6 cm³/mol. The molecule has 2 rings (SSSR count). The van der Waals surface area contributed by atoms with Crippen LogP contribution in [0.5, 0.6) is 0 Å². The van der Waals surface area contributed by atoms with Crippen LogP contribution in [0.2, 0.25) is 0 Å². The molecule has 0 saturated carbocycles. The van der Waals surface area contributed by atoms with Crippen molar-refractivity contribution in [3.05, 3.63) is 36.0 Å². The number of hydrogen-bond acceptors (Lipinski definition) is 1. The molecule has 0 bridgehead atoms. The number of fused-ring (bicyclic) bond motifs is 1. The third-order valence-corrected chi connectivity index (χ3v) is 3.81. The van der Waals surface area contributed by atoms with Gasteiger partial charge in [0, 0.05) is 30.1 Å². The van der Waals surface area contributed by atoms with Crippen molar-refractivity contribution in [2.75, 3.05) is 0 Å². The summed E-state index contributed by atoms with van der Waals surface area (Å²) in [6, 6.07) is 8.41. The van der Waals surface area contributed by atoms with Crippen molar-refractivity contribution in [2.45, 2.75) is 53.0 Å². The number of carbonyl (C=O) groups is 1.